The van der Waals surface area contributed by atoms with Crippen LogP contribution in [-0.4, -0.2) is 43.5 Å². The fourth-order valence-corrected chi connectivity index (χ4v) is 2.13. The monoisotopic (exact) mass is 359 g/mol. The van der Waals surface area contributed by atoms with E-state index in [9.17, 15) is 14.7 Å². The van der Waals surface area contributed by atoms with Crippen LogP contribution in [0.5, 0.6) is 11.5 Å². The number of esters is 1. The lowest BCUT2D eigenvalue weighted by molar-refractivity contribution is -0.140. The van der Waals surface area contributed by atoms with Crippen LogP contribution in [0.25, 0.3) is 10.8 Å². The van der Waals surface area contributed by atoms with Crippen LogP contribution in [-0.2, 0) is 14.3 Å². The quantitative estimate of drug-likeness (QED) is 0.428. The number of carbonyl (C=O) groups is 2. The number of amides is 1. The third-order valence-corrected chi connectivity index (χ3v) is 3.39. The third kappa shape index (κ3) is 5.49. The van der Waals surface area contributed by atoms with E-state index in [1.807, 2.05) is 0 Å². The van der Waals surface area contributed by atoms with Gasteiger partial charge in [-0.25, -0.2) is 9.59 Å². The van der Waals surface area contributed by atoms with Crippen molar-refractivity contribution in [3.8, 4) is 11.5 Å². The number of benzene rings is 2. The molecule has 7 nitrogen and oxygen atoms in total. The highest BCUT2D eigenvalue weighted by Crippen LogP contribution is 2.31. The Kier molecular flexibility index (Phi) is 6.99. The van der Waals surface area contributed by atoms with Gasteiger partial charge in [-0.1, -0.05) is 30.8 Å². The van der Waals surface area contributed by atoms with Gasteiger partial charge in [0.2, 0.25) is 0 Å². The second-order valence-corrected chi connectivity index (χ2v) is 5.47. The van der Waals surface area contributed by atoms with Gasteiger partial charge in [-0.3, -0.25) is 0 Å². The first-order valence-electron chi connectivity index (χ1n) is 8.06. The number of rotatable bonds is 8. The Bertz CT molecular complexity index is 802. The van der Waals surface area contributed by atoms with Crippen molar-refractivity contribution in [3.63, 3.8) is 0 Å². The van der Waals surface area contributed by atoms with E-state index >= 15 is 0 Å². The Labute approximate surface area is 151 Å². The molecule has 0 aliphatic heterocycles. The predicted molar refractivity (Wildman–Crippen MR) is 96.2 cm³/mol. The minimum absolute atomic E-state index is 0.120. The summed E-state index contributed by atoms with van der Waals surface area (Å²) in [4.78, 5) is 23.0. The molecule has 1 amide bonds. The van der Waals surface area contributed by atoms with Crippen molar-refractivity contribution in [1.29, 1.82) is 0 Å². The minimum Gasteiger partial charge on any atom is -0.507 e. The minimum atomic E-state index is -0.627. The van der Waals surface area contributed by atoms with Crippen LogP contribution in [0.3, 0.4) is 0 Å². The molecule has 0 aliphatic carbocycles. The highest BCUT2D eigenvalue weighted by Gasteiger charge is 2.09. The van der Waals surface area contributed by atoms with Gasteiger partial charge in [-0.15, -0.1) is 0 Å². The van der Waals surface area contributed by atoms with Gasteiger partial charge in [0.25, 0.3) is 0 Å². The van der Waals surface area contributed by atoms with Crippen molar-refractivity contribution in [1.82, 2.24) is 5.32 Å². The number of ether oxygens (including phenoxy) is 3. The summed E-state index contributed by atoms with van der Waals surface area (Å²) in [6.07, 6.45) is -0.627. The highest BCUT2D eigenvalue weighted by atomic mass is 16.6. The number of hydrogen-bond acceptors (Lipinski definition) is 6. The summed E-state index contributed by atoms with van der Waals surface area (Å²) >= 11 is 0. The first-order valence-corrected chi connectivity index (χ1v) is 8.06. The molecule has 2 aromatic carbocycles. The van der Waals surface area contributed by atoms with Crippen LogP contribution in [0.1, 0.15) is 6.92 Å². The number of carbonyl (C=O) groups excluding carboxylic acids is 2. The summed E-state index contributed by atoms with van der Waals surface area (Å²) in [5, 5.41) is 13.6. The van der Waals surface area contributed by atoms with Crippen LogP contribution in [0.2, 0.25) is 0 Å². The normalized spacial score (nSPS) is 10.3. The molecule has 2 aromatic rings. The Morgan fingerprint density at radius 3 is 2.58 bits per heavy atom. The molecule has 0 fully saturated rings. The summed E-state index contributed by atoms with van der Waals surface area (Å²) in [6.45, 7) is 5.86. The molecule has 0 unspecified atom stereocenters. The first-order chi connectivity index (χ1) is 12.5. The van der Waals surface area contributed by atoms with Gasteiger partial charge < -0.3 is 24.6 Å². The van der Waals surface area contributed by atoms with Crippen LogP contribution < -0.4 is 10.1 Å². The van der Waals surface area contributed by atoms with Crippen molar-refractivity contribution < 1.29 is 28.9 Å². The van der Waals surface area contributed by atoms with Crippen molar-refractivity contribution in [2.24, 2.45) is 0 Å². The maximum Gasteiger partial charge on any atom is 0.412 e. The van der Waals surface area contributed by atoms with Crippen LogP contribution in [0.15, 0.2) is 48.6 Å². The fraction of sp³-hybridized carbons (Fsp3) is 0.263. The van der Waals surface area contributed by atoms with Gasteiger partial charge in [-0.05, 0) is 19.1 Å². The number of phenols is 1. The molecule has 0 spiro atoms. The van der Waals surface area contributed by atoms with E-state index in [1.165, 1.54) is 0 Å². The zero-order chi connectivity index (χ0) is 18.9. The predicted octanol–water partition coefficient (Wildman–Crippen LogP) is 2.77. The summed E-state index contributed by atoms with van der Waals surface area (Å²) in [6, 6.07) is 10.1. The standard InChI is InChI=1S/C19H21NO6/c1-13(2)18(22)25-12-11-24-10-9-20-19(23)26-17-8-4-5-14-15(17)6-3-7-16(14)21/h3-8,21H,1,9-12H2,2H3,(H,20,23). The molecular formula is C19H21NO6. The average Bonchev–Trinajstić information content (AvgIpc) is 2.61. The molecule has 2 rings (SSSR count). The highest BCUT2D eigenvalue weighted by molar-refractivity contribution is 5.94. The lowest BCUT2D eigenvalue weighted by Gasteiger charge is -2.10. The fourth-order valence-electron chi connectivity index (χ4n) is 2.13. The Balaban J connectivity index is 1.71. The van der Waals surface area contributed by atoms with E-state index in [-0.39, 0.29) is 32.1 Å². The zero-order valence-corrected chi connectivity index (χ0v) is 14.5. The molecule has 0 saturated carbocycles. The summed E-state index contributed by atoms with van der Waals surface area (Å²) in [5.41, 5.74) is 0.330. The zero-order valence-electron chi connectivity index (χ0n) is 14.5. The van der Waals surface area contributed by atoms with E-state index < -0.39 is 12.1 Å². The molecule has 2 N–H and O–H groups in total. The molecule has 26 heavy (non-hydrogen) atoms. The van der Waals surface area contributed by atoms with Gasteiger partial charge in [0.05, 0.1) is 13.2 Å². The van der Waals surface area contributed by atoms with Gasteiger partial charge >= 0.3 is 12.1 Å². The maximum atomic E-state index is 11.9. The molecule has 0 heterocycles. The Morgan fingerprint density at radius 1 is 1.08 bits per heavy atom. The van der Waals surface area contributed by atoms with Crippen molar-refractivity contribution in [2.45, 2.75) is 6.92 Å². The maximum absolute atomic E-state index is 11.9. The van der Waals surface area contributed by atoms with E-state index in [0.29, 0.717) is 22.1 Å². The van der Waals surface area contributed by atoms with Gasteiger partial charge in [0.1, 0.15) is 18.1 Å². The number of aromatic hydroxyl groups is 1. The SMILES string of the molecule is C=C(C)C(=O)OCCOCCNC(=O)Oc1cccc2c(O)cccc12. The van der Waals surface area contributed by atoms with Crippen LogP contribution >= 0.6 is 0 Å². The molecule has 0 radical (unpaired) electrons. The molecule has 7 heteroatoms. The van der Waals surface area contributed by atoms with Crippen LogP contribution in [0, 0.1) is 0 Å². The average molecular weight is 359 g/mol. The van der Waals surface area contributed by atoms with E-state index in [0.717, 1.165) is 0 Å². The van der Waals surface area contributed by atoms with Gasteiger partial charge in [0.15, 0.2) is 0 Å². The second kappa shape index (κ2) is 9.43. The van der Waals surface area contributed by atoms with Crippen molar-refractivity contribution >= 4 is 22.8 Å². The summed E-state index contributed by atoms with van der Waals surface area (Å²) < 4.78 is 15.4. The number of fused-ring (bicyclic) bond motifs is 1. The lowest BCUT2D eigenvalue weighted by atomic mass is 10.1. The topological polar surface area (TPSA) is 94.1 Å². The number of nitrogens with one attached hydrogen (secondary N) is 1. The summed E-state index contributed by atoms with van der Waals surface area (Å²) in [5.74, 6) is 0.00839. The van der Waals surface area contributed by atoms with E-state index in [1.54, 1.807) is 43.3 Å². The van der Waals surface area contributed by atoms with E-state index in [4.69, 9.17) is 14.2 Å². The number of hydrogen-bond donors (Lipinski definition) is 2. The largest absolute Gasteiger partial charge is 0.507 e. The van der Waals surface area contributed by atoms with Gasteiger partial charge in [-0.2, -0.15) is 0 Å². The first kappa shape index (κ1) is 19.3. The molecule has 138 valence electrons. The lowest BCUT2D eigenvalue weighted by Crippen LogP contribution is -2.30. The van der Waals surface area contributed by atoms with Crippen molar-refractivity contribution in [3.05, 3.63) is 48.6 Å². The van der Waals surface area contributed by atoms with Crippen molar-refractivity contribution in [2.75, 3.05) is 26.4 Å². The third-order valence-electron chi connectivity index (χ3n) is 3.39. The summed E-state index contributed by atoms with van der Waals surface area (Å²) in [7, 11) is 0. The molecule has 0 atom stereocenters. The molecule has 0 saturated heterocycles. The van der Waals surface area contributed by atoms with Crippen LogP contribution in [0.4, 0.5) is 4.79 Å². The van der Waals surface area contributed by atoms with E-state index in [2.05, 4.69) is 11.9 Å². The Hall–Kier alpha value is -3.06. The Morgan fingerprint density at radius 2 is 1.81 bits per heavy atom. The van der Waals surface area contributed by atoms with Gasteiger partial charge in [0, 0.05) is 22.9 Å². The smallest absolute Gasteiger partial charge is 0.412 e. The molecular weight excluding hydrogens is 338 g/mol. The number of phenolic OH excluding ortho intramolecular Hbond substituents is 1. The second-order valence-electron chi connectivity index (χ2n) is 5.47. The molecule has 0 aliphatic rings. The molecule has 0 bridgehead atoms. The molecule has 0 aromatic heterocycles.